The third-order valence-electron chi connectivity index (χ3n) is 7.28. The summed E-state index contributed by atoms with van der Waals surface area (Å²) < 4.78 is 19.1. The van der Waals surface area contributed by atoms with Crippen LogP contribution in [0.3, 0.4) is 0 Å². The van der Waals surface area contributed by atoms with Crippen molar-refractivity contribution in [2.24, 2.45) is 0 Å². The second-order valence-corrected chi connectivity index (χ2v) is 9.11. The van der Waals surface area contributed by atoms with Crippen LogP contribution in [-0.2, 0) is 25.9 Å². The van der Waals surface area contributed by atoms with Crippen molar-refractivity contribution in [2.45, 2.75) is 32.4 Å². The van der Waals surface area contributed by atoms with Crippen molar-refractivity contribution in [2.75, 3.05) is 27.9 Å². The van der Waals surface area contributed by atoms with E-state index in [1.54, 1.807) is 21.3 Å². The van der Waals surface area contributed by atoms with Gasteiger partial charge in [0.15, 0.2) is 11.5 Å². The number of methoxy groups -OCH3 is 3. The molecule has 6 rings (SSSR count). The third kappa shape index (κ3) is 3.02. The van der Waals surface area contributed by atoms with Crippen molar-refractivity contribution in [1.82, 2.24) is 9.47 Å². The Kier molecular flexibility index (Phi) is 4.99. The number of aromatic nitrogens is 1. The fraction of sp³-hybridized carbons (Fsp3) is 0.321. The van der Waals surface area contributed by atoms with Crippen LogP contribution in [0.15, 0.2) is 42.5 Å². The van der Waals surface area contributed by atoms with E-state index < -0.39 is 0 Å². The fourth-order valence-corrected chi connectivity index (χ4v) is 5.83. The Morgan fingerprint density at radius 3 is 2.38 bits per heavy atom. The highest BCUT2D eigenvalue weighted by Gasteiger charge is 2.32. The van der Waals surface area contributed by atoms with Gasteiger partial charge in [-0.3, -0.25) is 14.3 Å². The van der Waals surface area contributed by atoms with Crippen molar-refractivity contribution in [3.05, 3.63) is 64.7 Å². The Hall–Kier alpha value is -3.51. The maximum atomic E-state index is 13.2. The molecule has 0 spiro atoms. The number of benzene rings is 3. The first kappa shape index (κ1) is 21.1. The van der Waals surface area contributed by atoms with Gasteiger partial charge in [-0.15, -0.1) is 0 Å². The molecule has 34 heavy (non-hydrogen) atoms. The van der Waals surface area contributed by atoms with Gasteiger partial charge >= 0.3 is 0 Å². The van der Waals surface area contributed by atoms with Crippen molar-refractivity contribution >= 4 is 27.7 Å². The van der Waals surface area contributed by atoms with E-state index in [9.17, 15) is 4.79 Å². The van der Waals surface area contributed by atoms with E-state index in [0.29, 0.717) is 23.7 Å². The minimum Gasteiger partial charge on any atom is -0.493 e. The number of rotatable bonds is 5. The molecule has 0 unspecified atom stereocenters. The predicted molar refractivity (Wildman–Crippen MR) is 132 cm³/mol. The zero-order valence-electron chi connectivity index (χ0n) is 19.8. The summed E-state index contributed by atoms with van der Waals surface area (Å²) in [6.45, 7) is 2.79. The summed E-state index contributed by atoms with van der Waals surface area (Å²) >= 11 is 0. The monoisotopic (exact) mass is 456 g/mol. The van der Waals surface area contributed by atoms with Crippen molar-refractivity contribution in [1.29, 1.82) is 0 Å². The molecule has 0 amide bonds. The van der Waals surface area contributed by atoms with Gasteiger partial charge < -0.3 is 14.2 Å². The molecule has 2 aliphatic heterocycles. The number of nitrogens with zero attached hydrogens (tertiary/aromatic N) is 2. The second kappa shape index (κ2) is 8.06. The van der Waals surface area contributed by atoms with Gasteiger partial charge in [0.25, 0.3) is 0 Å². The molecule has 3 aromatic carbocycles. The van der Waals surface area contributed by atoms with Crippen LogP contribution in [0.1, 0.15) is 33.5 Å². The zero-order chi connectivity index (χ0) is 23.4. The Balaban J connectivity index is 1.60. The number of hydrogen-bond acceptors (Lipinski definition) is 5. The van der Waals surface area contributed by atoms with E-state index in [1.807, 2.05) is 10.6 Å². The van der Waals surface area contributed by atoms with Gasteiger partial charge in [-0.05, 0) is 35.1 Å². The minimum atomic E-state index is 0.114. The summed E-state index contributed by atoms with van der Waals surface area (Å²) in [6, 6.07) is 14.9. The lowest BCUT2D eigenvalue weighted by molar-refractivity contribution is 0.0908. The van der Waals surface area contributed by atoms with Crippen LogP contribution in [0.25, 0.3) is 21.8 Å². The standard InChI is InChI=1S/C28H28N2O4/c1-32-22-14-21-25(28(34-3)27(22)33-2)24-20-11-12-29(15-17-7-5-4-6-8-17)16-19(20)13-18-9-10-23(31)30(21)26(18)24/h4-8,13-14H,9-12,15-16H2,1-3H3. The van der Waals surface area contributed by atoms with E-state index in [-0.39, 0.29) is 5.91 Å². The van der Waals surface area contributed by atoms with Gasteiger partial charge in [0.05, 0.1) is 37.7 Å². The first-order chi connectivity index (χ1) is 16.6. The van der Waals surface area contributed by atoms with E-state index in [0.717, 1.165) is 54.3 Å². The van der Waals surface area contributed by atoms with Gasteiger partial charge in [0.1, 0.15) is 0 Å². The molecule has 0 fully saturated rings. The number of carbonyl (C=O) groups is 1. The second-order valence-electron chi connectivity index (χ2n) is 9.11. The normalized spacial score (nSPS) is 15.6. The summed E-state index contributed by atoms with van der Waals surface area (Å²) in [5.41, 5.74) is 7.06. The van der Waals surface area contributed by atoms with Gasteiger partial charge in [0.2, 0.25) is 11.7 Å². The van der Waals surface area contributed by atoms with Crippen molar-refractivity contribution < 1.29 is 19.0 Å². The van der Waals surface area contributed by atoms with E-state index in [4.69, 9.17) is 14.2 Å². The Labute approximate surface area is 198 Å². The van der Waals surface area contributed by atoms with Gasteiger partial charge in [-0.1, -0.05) is 36.4 Å². The molecular weight excluding hydrogens is 428 g/mol. The molecule has 1 aromatic heterocycles. The van der Waals surface area contributed by atoms with Crippen LogP contribution >= 0.6 is 0 Å². The lowest BCUT2D eigenvalue weighted by Crippen LogP contribution is -2.30. The molecule has 0 atom stereocenters. The summed E-state index contributed by atoms with van der Waals surface area (Å²) in [5.74, 6) is 1.86. The minimum absolute atomic E-state index is 0.114. The quantitative estimate of drug-likeness (QED) is 0.425. The lowest BCUT2D eigenvalue weighted by atomic mass is 9.89. The number of carbonyl (C=O) groups excluding carboxylic acids is 1. The zero-order valence-corrected chi connectivity index (χ0v) is 19.8. The van der Waals surface area contributed by atoms with Crippen LogP contribution in [0, 0.1) is 0 Å². The number of aryl methyl sites for hydroxylation is 1. The molecule has 3 heterocycles. The molecule has 0 N–H and O–H groups in total. The molecule has 0 bridgehead atoms. The molecule has 174 valence electrons. The van der Waals surface area contributed by atoms with Gasteiger partial charge in [0, 0.05) is 37.5 Å². The first-order valence-electron chi connectivity index (χ1n) is 11.7. The average molecular weight is 457 g/mol. The summed E-state index contributed by atoms with van der Waals surface area (Å²) in [6.07, 6.45) is 2.17. The molecule has 6 nitrogen and oxygen atoms in total. The van der Waals surface area contributed by atoms with Gasteiger partial charge in [-0.25, -0.2) is 0 Å². The smallest absolute Gasteiger partial charge is 0.231 e. The molecule has 0 radical (unpaired) electrons. The fourth-order valence-electron chi connectivity index (χ4n) is 5.83. The highest BCUT2D eigenvalue weighted by atomic mass is 16.5. The number of ether oxygens (including phenoxy) is 3. The molecule has 0 saturated heterocycles. The average Bonchev–Trinajstić information content (AvgIpc) is 3.21. The maximum absolute atomic E-state index is 13.2. The summed E-state index contributed by atoms with van der Waals surface area (Å²) in [4.78, 5) is 15.7. The Morgan fingerprint density at radius 1 is 0.853 bits per heavy atom. The molecule has 4 aromatic rings. The molecule has 0 aliphatic carbocycles. The molecule has 2 aliphatic rings. The van der Waals surface area contributed by atoms with E-state index in [2.05, 4.69) is 41.3 Å². The van der Waals surface area contributed by atoms with E-state index in [1.165, 1.54) is 22.3 Å². The Bertz CT molecular complexity index is 1440. The summed E-state index contributed by atoms with van der Waals surface area (Å²) in [5, 5.41) is 2.08. The first-order valence-corrected chi connectivity index (χ1v) is 11.7. The molecule has 6 heteroatoms. The van der Waals surface area contributed by atoms with Crippen molar-refractivity contribution in [3.8, 4) is 17.2 Å². The van der Waals surface area contributed by atoms with Gasteiger partial charge in [-0.2, -0.15) is 0 Å². The molecular formula is C28H28N2O4. The summed E-state index contributed by atoms with van der Waals surface area (Å²) in [7, 11) is 4.88. The Morgan fingerprint density at radius 2 is 1.65 bits per heavy atom. The number of hydrogen-bond donors (Lipinski definition) is 0. The highest BCUT2D eigenvalue weighted by molar-refractivity contribution is 6.20. The van der Waals surface area contributed by atoms with Crippen LogP contribution in [0.2, 0.25) is 0 Å². The lowest BCUT2D eigenvalue weighted by Gasteiger charge is -2.30. The highest BCUT2D eigenvalue weighted by Crippen LogP contribution is 2.50. The third-order valence-corrected chi connectivity index (χ3v) is 7.28. The molecule has 0 saturated carbocycles. The van der Waals surface area contributed by atoms with Crippen molar-refractivity contribution in [3.63, 3.8) is 0 Å². The van der Waals surface area contributed by atoms with Crippen LogP contribution < -0.4 is 14.2 Å². The SMILES string of the molecule is COc1cc2c(c(OC)c1OC)c1c3c(cc4c1n2C(=O)CC4)CN(Cc1ccccc1)CC3. The van der Waals surface area contributed by atoms with Crippen LogP contribution in [0.5, 0.6) is 17.2 Å². The van der Waals surface area contributed by atoms with Crippen LogP contribution in [-0.4, -0.2) is 43.2 Å². The topological polar surface area (TPSA) is 52.9 Å². The van der Waals surface area contributed by atoms with Crippen LogP contribution in [0.4, 0.5) is 0 Å². The van der Waals surface area contributed by atoms with E-state index >= 15 is 0 Å². The number of fused-ring (bicyclic) bond motifs is 5. The predicted octanol–water partition coefficient (Wildman–Crippen LogP) is 4.97. The maximum Gasteiger partial charge on any atom is 0.231 e. The largest absolute Gasteiger partial charge is 0.493 e.